The molecule has 0 aromatic carbocycles. The molecule has 10 heavy (non-hydrogen) atoms. The van der Waals surface area contributed by atoms with Crippen molar-refractivity contribution in [3.63, 3.8) is 0 Å². The van der Waals surface area contributed by atoms with Gasteiger partial charge < -0.3 is 0 Å². The molecule has 2 rings (SSSR count). The lowest BCUT2D eigenvalue weighted by Gasteiger charge is -2.17. The first-order valence-corrected chi connectivity index (χ1v) is 3.86. The Morgan fingerprint density at radius 2 is 2.20 bits per heavy atom. The summed E-state index contributed by atoms with van der Waals surface area (Å²) in [5.74, 6) is 0. The Balaban J connectivity index is 2.32. The first-order valence-electron chi connectivity index (χ1n) is 3.86. The Bertz CT molecular complexity index is 216. The molecule has 0 amide bonds. The maximum absolute atomic E-state index is 2.36. The van der Waals surface area contributed by atoms with E-state index in [2.05, 4.69) is 30.7 Å². The fourth-order valence-corrected chi connectivity index (χ4v) is 1.49. The fraction of sp³-hybridized carbons (Fsp3) is 0.300. The van der Waals surface area contributed by atoms with Gasteiger partial charge in [0.15, 0.2) is 0 Å². The molecule has 0 aromatic heterocycles. The Labute approximate surface area is 61.9 Å². The van der Waals surface area contributed by atoms with Crippen LogP contribution in [0.15, 0.2) is 35.5 Å². The smallest absolute Gasteiger partial charge is 0.00872 e. The van der Waals surface area contributed by atoms with E-state index in [-0.39, 0.29) is 0 Å². The second-order valence-electron chi connectivity index (χ2n) is 2.77. The standard InChI is InChI=1S/C10H11/c1-2-6-10-8-4-3-7-9(10)5-1/h1-2,5,7-8H,3-4,6H2. The van der Waals surface area contributed by atoms with Gasteiger partial charge in [0.05, 0.1) is 0 Å². The minimum absolute atomic E-state index is 1.14. The van der Waals surface area contributed by atoms with Crippen LogP contribution in [0.25, 0.3) is 0 Å². The van der Waals surface area contributed by atoms with E-state index in [0.717, 1.165) is 6.42 Å². The molecule has 0 spiro atoms. The van der Waals surface area contributed by atoms with Gasteiger partial charge in [-0.1, -0.05) is 24.3 Å². The van der Waals surface area contributed by atoms with Crippen molar-refractivity contribution < 1.29 is 0 Å². The van der Waals surface area contributed by atoms with Gasteiger partial charge in [-0.15, -0.1) is 0 Å². The van der Waals surface area contributed by atoms with Crippen LogP contribution < -0.4 is 0 Å². The molecule has 0 N–H and O–H groups in total. The van der Waals surface area contributed by atoms with Crippen molar-refractivity contribution in [1.82, 2.24) is 0 Å². The lowest BCUT2D eigenvalue weighted by molar-refractivity contribution is 0.919. The average Bonchev–Trinajstić information content (AvgIpc) is 2.05. The van der Waals surface area contributed by atoms with Gasteiger partial charge in [-0.05, 0) is 36.8 Å². The molecule has 0 fully saturated rings. The molecule has 0 bridgehead atoms. The predicted molar refractivity (Wildman–Crippen MR) is 43.5 cm³/mol. The Kier molecular flexibility index (Phi) is 1.46. The van der Waals surface area contributed by atoms with E-state index in [0.29, 0.717) is 0 Å². The van der Waals surface area contributed by atoms with Crippen LogP contribution in [0.5, 0.6) is 0 Å². The summed E-state index contributed by atoms with van der Waals surface area (Å²) in [5.41, 5.74) is 2.97. The Hall–Kier alpha value is -0.780. The summed E-state index contributed by atoms with van der Waals surface area (Å²) in [6, 6.07) is 0. The van der Waals surface area contributed by atoms with E-state index in [4.69, 9.17) is 0 Å². The van der Waals surface area contributed by atoms with Gasteiger partial charge in [0.1, 0.15) is 0 Å². The highest BCUT2D eigenvalue weighted by Gasteiger charge is 2.09. The topological polar surface area (TPSA) is 0 Å². The summed E-state index contributed by atoms with van der Waals surface area (Å²) < 4.78 is 0. The van der Waals surface area contributed by atoms with Crippen molar-refractivity contribution in [3.05, 3.63) is 41.9 Å². The molecule has 1 radical (unpaired) electrons. The Morgan fingerprint density at radius 3 is 3.10 bits per heavy atom. The molecule has 0 saturated heterocycles. The van der Waals surface area contributed by atoms with Crippen molar-refractivity contribution in [2.45, 2.75) is 19.3 Å². The van der Waals surface area contributed by atoms with Gasteiger partial charge in [-0.3, -0.25) is 0 Å². The maximum Gasteiger partial charge on any atom is -0.00872 e. The molecular formula is C10H11. The van der Waals surface area contributed by atoms with Gasteiger partial charge in [0.25, 0.3) is 0 Å². The Morgan fingerprint density at radius 1 is 1.20 bits per heavy atom. The van der Waals surface area contributed by atoms with Crippen molar-refractivity contribution >= 4 is 0 Å². The zero-order valence-electron chi connectivity index (χ0n) is 6.01. The highest BCUT2D eigenvalue weighted by Crippen LogP contribution is 2.28. The van der Waals surface area contributed by atoms with Crippen molar-refractivity contribution in [1.29, 1.82) is 0 Å². The fourth-order valence-electron chi connectivity index (χ4n) is 1.49. The zero-order valence-corrected chi connectivity index (χ0v) is 6.01. The second-order valence-corrected chi connectivity index (χ2v) is 2.77. The lowest BCUT2D eigenvalue weighted by Crippen LogP contribution is -1.98. The first kappa shape index (κ1) is 5.96. The van der Waals surface area contributed by atoms with Crippen LogP contribution in [0, 0.1) is 6.42 Å². The minimum atomic E-state index is 1.14. The number of hydrogen-bond acceptors (Lipinski definition) is 0. The van der Waals surface area contributed by atoms with Crippen LogP contribution in [0.3, 0.4) is 0 Å². The highest BCUT2D eigenvalue weighted by atomic mass is 14.1. The molecule has 0 unspecified atom stereocenters. The largest absolute Gasteiger partial charge is 0.0807 e. The van der Waals surface area contributed by atoms with Gasteiger partial charge in [-0.2, -0.15) is 0 Å². The van der Waals surface area contributed by atoms with E-state index in [1.165, 1.54) is 24.0 Å². The molecule has 0 saturated carbocycles. The molecule has 0 heteroatoms. The molecule has 0 heterocycles. The van der Waals surface area contributed by atoms with Crippen LogP contribution in [0.2, 0.25) is 0 Å². The van der Waals surface area contributed by atoms with Crippen LogP contribution in [-0.2, 0) is 0 Å². The second kappa shape index (κ2) is 2.45. The third-order valence-electron chi connectivity index (χ3n) is 2.04. The third-order valence-corrected chi connectivity index (χ3v) is 2.04. The number of fused-ring (bicyclic) bond motifs is 1. The average molecular weight is 131 g/mol. The van der Waals surface area contributed by atoms with E-state index in [1.54, 1.807) is 0 Å². The summed E-state index contributed by atoms with van der Waals surface area (Å²) in [6.07, 6.45) is 14.9. The monoisotopic (exact) mass is 131 g/mol. The summed E-state index contributed by atoms with van der Waals surface area (Å²) >= 11 is 0. The van der Waals surface area contributed by atoms with E-state index in [1.807, 2.05) is 0 Å². The molecular weight excluding hydrogens is 120 g/mol. The molecule has 2 aliphatic carbocycles. The normalized spacial score (nSPS) is 23.2. The quantitative estimate of drug-likeness (QED) is 0.474. The summed E-state index contributed by atoms with van der Waals surface area (Å²) in [6.45, 7) is 0. The lowest BCUT2D eigenvalue weighted by atomic mass is 9.89. The van der Waals surface area contributed by atoms with Crippen molar-refractivity contribution in [2.75, 3.05) is 0 Å². The van der Waals surface area contributed by atoms with Crippen LogP contribution in [0.4, 0.5) is 0 Å². The molecule has 0 nitrogen and oxygen atoms in total. The predicted octanol–water partition coefficient (Wildman–Crippen LogP) is 2.80. The van der Waals surface area contributed by atoms with E-state index >= 15 is 0 Å². The molecule has 0 atom stereocenters. The summed E-state index contributed by atoms with van der Waals surface area (Å²) in [4.78, 5) is 0. The highest BCUT2D eigenvalue weighted by molar-refractivity contribution is 5.45. The van der Waals surface area contributed by atoms with Crippen molar-refractivity contribution in [2.24, 2.45) is 0 Å². The molecule has 51 valence electrons. The third kappa shape index (κ3) is 0.942. The maximum atomic E-state index is 2.36. The van der Waals surface area contributed by atoms with Crippen molar-refractivity contribution in [3.8, 4) is 0 Å². The van der Waals surface area contributed by atoms with Crippen LogP contribution in [-0.4, -0.2) is 0 Å². The summed E-state index contributed by atoms with van der Waals surface area (Å²) in [5, 5.41) is 0. The summed E-state index contributed by atoms with van der Waals surface area (Å²) in [7, 11) is 0. The SMILES string of the molecule is [CH]1CCC=C2CC=CC=C12. The number of allylic oxidation sites excluding steroid dienone is 6. The van der Waals surface area contributed by atoms with E-state index < -0.39 is 0 Å². The number of rotatable bonds is 0. The molecule has 0 aliphatic heterocycles. The minimum Gasteiger partial charge on any atom is -0.0807 e. The molecule has 2 aliphatic rings. The first-order chi connectivity index (χ1) is 4.97. The van der Waals surface area contributed by atoms with Gasteiger partial charge >= 0.3 is 0 Å². The van der Waals surface area contributed by atoms with E-state index in [9.17, 15) is 0 Å². The van der Waals surface area contributed by atoms with Gasteiger partial charge in [0.2, 0.25) is 0 Å². The number of hydrogen-bond donors (Lipinski definition) is 0. The van der Waals surface area contributed by atoms with Gasteiger partial charge in [0, 0.05) is 0 Å². The van der Waals surface area contributed by atoms with Crippen LogP contribution in [0.1, 0.15) is 19.3 Å². The zero-order chi connectivity index (χ0) is 6.81. The molecule has 0 aromatic rings. The van der Waals surface area contributed by atoms with Gasteiger partial charge in [-0.25, -0.2) is 0 Å². The van der Waals surface area contributed by atoms with Crippen LogP contribution >= 0.6 is 0 Å².